The van der Waals surface area contributed by atoms with Crippen LogP contribution in [-0.2, 0) is 0 Å². The average Bonchev–Trinajstić information content (AvgIpc) is 2.51. The molecule has 6 heteroatoms. The van der Waals surface area contributed by atoms with E-state index >= 15 is 0 Å². The van der Waals surface area contributed by atoms with E-state index in [-0.39, 0.29) is 11.0 Å². The molecule has 2 rings (SSSR count). The molecule has 2 aromatic rings. The van der Waals surface area contributed by atoms with Crippen molar-refractivity contribution in [1.29, 1.82) is 0 Å². The quantitative estimate of drug-likeness (QED) is 0.555. The van der Waals surface area contributed by atoms with Crippen LogP contribution in [0.25, 0.3) is 0 Å². The van der Waals surface area contributed by atoms with E-state index in [9.17, 15) is 4.79 Å². The summed E-state index contributed by atoms with van der Waals surface area (Å²) in [4.78, 5) is 12.2. The van der Waals surface area contributed by atoms with Gasteiger partial charge in [-0.15, -0.1) is 0 Å². The standard InChI is InChI=1S/C17H17IN2O2S/c1-3-22-14-7-4-12(5-8-14)16(21)20-17(23)19-15-9-6-13(18)10-11(15)2/h4-10H,3H2,1-2H3,(H2,19,20,21,23). The highest BCUT2D eigenvalue weighted by atomic mass is 127. The summed E-state index contributed by atoms with van der Waals surface area (Å²) < 4.78 is 6.50. The number of ether oxygens (including phenoxy) is 1. The molecule has 0 aliphatic heterocycles. The van der Waals surface area contributed by atoms with Crippen molar-refractivity contribution in [1.82, 2.24) is 5.32 Å². The molecule has 0 saturated carbocycles. The molecule has 0 spiro atoms. The minimum atomic E-state index is -0.256. The van der Waals surface area contributed by atoms with Crippen molar-refractivity contribution >= 4 is 51.5 Å². The minimum absolute atomic E-state index is 0.256. The molecule has 0 saturated heterocycles. The van der Waals surface area contributed by atoms with Crippen molar-refractivity contribution in [3.05, 3.63) is 57.2 Å². The van der Waals surface area contributed by atoms with Crippen molar-refractivity contribution in [3.8, 4) is 5.75 Å². The molecule has 120 valence electrons. The molecule has 0 bridgehead atoms. The Hall–Kier alpha value is -1.67. The van der Waals surface area contributed by atoms with Gasteiger partial charge in [0.25, 0.3) is 5.91 Å². The zero-order chi connectivity index (χ0) is 16.8. The number of rotatable bonds is 4. The fraction of sp³-hybridized carbons (Fsp3) is 0.176. The van der Waals surface area contributed by atoms with Gasteiger partial charge in [0.15, 0.2) is 5.11 Å². The van der Waals surface area contributed by atoms with E-state index in [1.807, 2.05) is 32.0 Å². The number of carbonyl (C=O) groups excluding carboxylic acids is 1. The third-order valence-corrected chi connectivity index (χ3v) is 3.97. The van der Waals surface area contributed by atoms with Crippen molar-refractivity contribution in [2.24, 2.45) is 0 Å². The van der Waals surface area contributed by atoms with Gasteiger partial charge in [-0.25, -0.2) is 0 Å². The number of hydrogen-bond acceptors (Lipinski definition) is 3. The molecule has 0 aliphatic rings. The fourth-order valence-corrected chi connectivity index (χ4v) is 2.81. The first-order valence-corrected chi connectivity index (χ1v) is 8.59. The molecule has 0 heterocycles. The predicted octanol–water partition coefficient (Wildman–Crippen LogP) is 4.13. The third kappa shape index (κ3) is 5.18. The lowest BCUT2D eigenvalue weighted by atomic mass is 10.2. The smallest absolute Gasteiger partial charge is 0.257 e. The Kier molecular flexibility index (Phi) is 6.35. The van der Waals surface area contributed by atoms with Crippen LogP contribution < -0.4 is 15.4 Å². The van der Waals surface area contributed by atoms with Crippen molar-refractivity contribution in [2.75, 3.05) is 11.9 Å². The molecule has 0 radical (unpaired) electrons. The highest BCUT2D eigenvalue weighted by Gasteiger charge is 2.09. The molecule has 0 atom stereocenters. The number of halogens is 1. The van der Waals surface area contributed by atoms with Gasteiger partial charge in [0.05, 0.1) is 6.61 Å². The van der Waals surface area contributed by atoms with Crippen LogP contribution in [0.1, 0.15) is 22.8 Å². The first kappa shape index (κ1) is 17.7. The number of aryl methyl sites for hydroxylation is 1. The van der Waals surface area contributed by atoms with E-state index in [1.54, 1.807) is 24.3 Å². The van der Waals surface area contributed by atoms with E-state index < -0.39 is 0 Å². The molecule has 0 aliphatic carbocycles. The molecule has 0 aromatic heterocycles. The largest absolute Gasteiger partial charge is 0.494 e. The maximum atomic E-state index is 12.2. The Morgan fingerprint density at radius 3 is 2.52 bits per heavy atom. The number of hydrogen-bond donors (Lipinski definition) is 2. The Morgan fingerprint density at radius 2 is 1.91 bits per heavy atom. The molecular weight excluding hydrogens is 423 g/mol. The van der Waals surface area contributed by atoms with Gasteiger partial charge in [0, 0.05) is 14.8 Å². The summed E-state index contributed by atoms with van der Waals surface area (Å²) in [6, 6.07) is 12.9. The summed E-state index contributed by atoms with van der Waals surface area (Å²) in [6.45, 7) is 4.49. The number of amides is 1. The highest BCUT2D eigenvalue weighted by Crippen LogP contribution is 2.17. The lowest BCUT2D eigenvalue weighted by Crippen LogP contribution is -2.34. The van der Waals surface area contributed by atoms with Gasteiger partial charge in [-0.2, -0.15) is 0 Å². The first-order valence-electron chi connectivity index (χ1n) is 7.11. The maximum Gasteiger partial charge on any atom is 0.257 e. The van der Waals surface area contributed by atoms with Crippen LogP contribution in [0.5, 0.6) is 5.75 Å². The summed E-state index contributed by atoms with van der Waals surface area (Å²) in [6.07, 6.45) is 0. The van der Waals surface area contributed by atoms with Crippen molar-refractivity contribution in [2.45, 2.75) is 13.8 Å². The van der Waals surface area contributed by atoms with Crippen LogP contribution >= 0.6 is 34.8 Å². The number of benzene rings is 2. The topological polar surface area (TPSA) is 50.4 Å². The van der Waals surface area contributed by atoms with Crippen LogP contribution in [0, 0.1) is 10.5 Å². The molecule has 2 aromatic carbocycles. The average molecular weight is 440 g/mol. The summed E-state index contributed by atoms with van der Waals surface area (Å²) in [5, 5.41) is 5.99. The number of thiocarbonyl (C=S) groups is 1. The Balaban J connectivity index is 1.97. The Morgan fingerprint density at radius 1 is 1.22 bits per heavy atom. The van der Waals surface area contributed by atoms with Crippen LogP contribution in [0.4, 0.5) is 5.69 Å². The van der Waals surface area contributed by atoms with E-state index in [4.69, 9.17) is 17.0 Å². The van der Waals surface area contributed by atoms with Crippen LogP contribution in [0.3, 0.4) is 0 Å². The zero-order valence-corrected chi connectivity index (χ0v) is 15.8. The summed E-state index contributed by atoms with van der Waals surface area (Å²) in [5.74, 6) is 0.480. The van der Waals surface area contributed by atoms with E-state index in [0.717, 1.165) is 20.6 Å². The lowest BCUT2D eigenvalue weighted by molar-refractivity contribution is 0.0977. The van der Waals surface area contributed by atoms with Gasteiger partial charge in [-0.1, -0.05) is 0 Å². The van der Waals surface area contributed by atoms with E-state index in [0.29, 0.717) is 12.2 Å². The lowest BCUT2D eigenvalue weighted by Gasteiger charge is -2.12. The molecule has 1 amide bonds. The second-order valence-corrected chi connectivity index (χ2v) is 6.48. The second-order valence-electron chi connectivity index (χ2n) is 4.82. The molecular formula is C17H17IN2O2S. The van der Waals surface area contributed by atoms with Crippen LogP contribution in [0.15, 0.2) is 42.5 Å². The van der Waals surface area contributed by atoms with Crippen molar-refractivity contribution < 1.29 is 9.53 Å². The van der Waals surface area contributed by atoms with Gasteiger partial charge < -0.3 is 10.1 Å². The molecule has 23 heavy (non-hydrogen) atoms. The van der Waals surface area contributed by atoms with Gasteiger partial charge >= 0.3 is 0 Å². The summed E-state index contributed by atoms with van der Waals surface area (Å²) in [5.41, 5.74) is 2.47. The van der Waals surface area contributed by atoms with Crippen LogP contribution in [0.2, 0.25) is 0 Å². The summed E-state index contributed by atoms with van der Waals surface area (Å²) in [7, 11) is 0. The molecule has 2 N–H and O–H groups in total. The Labute approximate surface area is 154 Å². The molecule has 0 unspecified atom stereocenters. The SMILES string of the molecule is CCOc1ccc(C(=O)NC(=S)Nc2ccc(I)cc2C)cc1. The highest BCUT2D eigenvalue weighted by molar-refractivity contribution is 14.1. The van der Waals surface area contributed by atoms with Gasteiger partial charge in [0.2, 0.25) is 0 Å². The predicted molar refractivity (Wildman–Crippen MR) is 105 cm³/mol. The molecule has 4 nitrogen and oxygen atoms in total. The number of anilines is 1. The minimum Gasteiger partial charge on any atom is -0.494 e. The first-order chi connectivity index (χ1) is 11.0. The molecule has 0 fully saturated rings. The normalized spacial score (nSPS) is 10.0. The van der Waals surface area contributed by atoms with Gasteiger partial charge in [0.1, 0.15) is 5.75 Å². The van der Waals surface area contributed by atoms with E-state index in [2.05, 4.69) is 33.2 Å². The maximum absolute atomic E-state index is 12.2. The summed E-state index contributed by atoms with van der Waals surface area (Å²) >= 11 is 7.45. The number of carbonyl (C=O) groups is 1. The third-order valence-electron chi connectivity index (χ3n) is 3.09. The number of nitrogens with one attached hydrogen (secondary N) is 2. The fourth-order valence-electron chi connectivity index (χ4n) is 1.97. The van der Waals surface area contributed by atoms with Gasteiger partial charge in [-0.3, -0.25) is 10.1 Å². The second kappa shape index (κ2) is 8.26. The van der Waals surface area contributed by atoms with Crippen molar-refractivity contribution in [3.63, 3.8) is 0 Å². The Bertz CT molecular complexity index is 717. The zero-order valence-electron chi connectivity index (χ0n) is 12.9. The van der Waals surface area contributed by atoms with Crippen LogP contribution in [-0.4, -0.2) is 17.6 Å². The van der Waals surface area contributed by atoms with E-state index in [1.165, 1.54) is 0 Å². The monoisotopic (exact) mass is 440 g/mol. The van der Waals surface area contributed by atoms with Gasteiger partial charge in [-0.05, 0) is 96.7 Å².